The molecule has 0 unspecified atom stereocenters. The van der Waals surface area contributed by atoms with E-state index in [9.17, 15) is 0 Å². The van der Waals surface area contributed by atoms with Gasteiger partial charge in [0.25, 0.3) is 0 Å². The fourth-order valence-electron chi connectivity index (χ4n) is 1.33. The van der Waals surface area contributed by atoms with Crippen molar-refractivity contribution < 1.29 is 0 Å². The van der Waals surface area contributed by atoms with Crippen molar-refractivity contribution in [2.75, 3.05) is 5.75 Å². The van der Waals surface area contributed by atoms with Crippen LogP contribution in [0.15, 0.2) is 34.3 Å². The zero-order valence-electron chi connectivity index (χ0n) is 12.1. The highest BCUT2D eigenvalue weighted by Crippen LogP contribution is 2.36. The van der Waals surface area contributed by atoms with Gasteiger partial charge in [-0.2, -0.15) is 0 Å². The highest BCUT2D eigenvalue weighted by molar-refractivity contribution is 8.03. The average Bonchev–Trinajstić information content (AvgIpc) is 2.82. The maximum absolute atomic E-state index is 2.24. The summed E-state index contributed by atoms with van der Waals surface area (Å²) in [6.45, 7) is 14.4. The number of thioether (sulfide) groups is 1. The molecule has 0 aromatic rings. The van der Waals surface area contributed by atoms with Crippen LogP contribution < -0.4 is 0 Å². The molecule has 1 heteroatoms. The van der Waals surface area contributed by atoms with Crippen molar-refractivity contribution in [1.82, 2.24) is 0 Å². The lowest BCUT2D eigenvalue weighted by molar-refractivity contribution is 1.18. The van der Waals surface area contributed by atoms with Crippen LogP contribution in [0.25, 0.3) is 0 Å². The molecule has 1 aliphatic rings. The van der Waals surface area contributed by atoms with Gasteiger partial charge < -0.3 is 0 Å². The molecule has 1 rings (SSSR count). The Kier molecular flexibility index (Phi) is 14.2. The first-order chi connectivity index (χ1) is 7.79. The number of hydrogen-bond acceptors (Lipinski definition) is 1. The molecule has 1 aliphatic heterocycles. The minimum Gasteiger partial charge on any atom is -0.125 e. The summed E-state index contributed by atoms with van der Waals surface area (Å²) in [6, 6.07) is 0. The lowest BCUT2D eigenvalue weighted by Crippen LogP contribution is -1.79. The minimum absolute atomic E-state index is 1.23. The van der Waals surface area contributed by atoms with Crippen molar-refractivity contribution in [1.29, 1.82) is 0 Å². The Morgan fingerprint density at radius 2 is 1.69 bits per heavy atom. The van der Waals surface area contributed by atoms with Gasteiger partial charge in [0.1, 0.15) is 0 Å². The summed E-state index contributed by atoms with van der Waals surface area (Å²) >= 11 is 1.98. The molecule has 0 aliphatic carbocycles. The van der Waals surface area contributed by atoms with Crippen molar-refractivity contribution in [3.63, 3.8) is 0 Å². The summed E-state index contributed by atoms with van der Waals surface area (Å²) in [5.74, 6) is 1.25. The summed E-state index contributed by atoms with van der Waals surface area (Å²) in [5.41, 5.74) is 2.93. The summed E-state index contributed by atoms with van der Waals surface area (Å²) in [4.78, 5) is 1.50. The lowest BCUT2D eigenvalue weighted by Gasteiger charge is -2.01. The fraction of sp³-hybridized carbons (Fsp3) is 0.600. The minimum atomic E-state index is 1.23. The number of hydrogen-bond donors (Lipinski definition) is 0. The van der Waals surface area contributed by atoms with Crippen LogP contribution in [0, 0.1) is 0 Å². The maximum Gasteiger partial charge on any atom is 0.0130 e. The van der Waals surface area contributed by atoms with E-state index in [1.54, 1.807) is 0 Å². The molecule has 0 fully saturated rings. The van der Waals surface area contributed by atoms with Crippen LogP contribution in [-0.4, -0.2) is 5.75 Å². The third-order valence-electron chi connectivity index (χ3n) is 2.07. The monoisotopic (exact) mass is 240 g/mol. The molecule has 0 aromatic heterocycles. The van der Waals surface area contributed by atoms with E-state index in [1.807, 2.05) is 39.5 Å². The Morgan fingerprint density at radius 1 is 1.12 bits per heavy atom. The van der Waals surface area contributed by atoms with Crippen LogP contribution in [-0.2, 0) is 0 Å². The molecule has 0 aromatic carbocycles. The molecule has 0 saturated heterocycles. The first-order valence-corrected chi connectivity index (χ1v) is 7.40. The van der Waals surface area contributed by atoms with Gasteiger partial charge in [-0.3, -0.25) is 0 Å². The predicted molar refractivity (Wildman–Crippen MR) is 81.0 cm³/mol. The van der Waals surface area contributed by atoms with Gasteiger partial charge in [-0.1, -0.05) is 45.9 Å². The first-order valence-electron chi connectivity index (χ1n) is 6.41. The van der Waals surface area contributed by atoms with E-state index in [0.29, 0.717) is 0 Å². The molecular formula is C15H28S. The van der Waals surface area contributed by atoms with E-state index >= 15 is 0 Å². The molecular weight excluding hydrogens is 212 g/mol. The van der Waals surface area contributed by atoms with E-state index in [-0.39, 0.29) is 0 Å². The van der Waals surface area contributed by atoms with E-state index in [4.69, 9.17) is 0 Å². The van der Waals surface area contributed by atoms with Crippen molar-refractivity contribution in [3.05, 3.63) is 34.3 Å². The Labute approximate surface area is 107 Å². The Balaban J connectivity index is 0. The molecule has 1 heterocycles. The highest BCUT2D eigenvalue weighted by Gasteiger charge is 2.13. The van der Waals surface area contributed by atoms with E-state index in [2.05, 4.69) is 39.0 Å². The van der Waals surface area contributed by atoms with Gasteiger partial charge in [-0.05, 0) is 38.3 Å². The zero-order valence-corrected chi connectivity index (χ0v) is 12.9. The fourth-order valence-corrected chi connectivity index (χ4v) is 2.55. The van der Waals surface area contributed by atoms with Crippen LogP contribution in [0.2, 0.25) is 0 Å². The molecule has 0 amide bonds. The van der Waals surface area contributed by atoms with Gasteiger partial charge in [0.05, 0.1) is 0 Å². The zero-order chi connectivity index (χ0) is 13.0. The third-order valence-corrected chi connectivity index (χ3v) is 3.35. The molecule has 0 radical (unpaired) electrons. The Hall–Kier alpha value is -0.430. The van der Waals surface area contributed by atoms with Gasteiger partial charge >= 0.3 is 0 Å². The summed E-state index contributed by atoms with van der Waals surface area (Å²) < 4.78 is 0. The van der Waals surface area contributed by atoms with Crippen molar-refractivity contribution in [2.45, 2.75) is 54.9 Å². The smallest absolute Gasteiger partial charge is 0.0130 e. The van der Waals surface area contributed by atoms with E-state index < -0.39 is 0 Å². The van der Waals surface area contributed by atoms with Gasteiger partial charge in [0, 0.05) is 10.7 Å². The summed E-state index contributed by atoms with van der Waals surface area (Å²) in [7, 11) is 0. The van der Waals surface area contributed by atoms with Crippen molar-refractivity contribution in [3.8, 4) is 0 Å². The van der Waals surface area contributed by atoms with Crippen LogP contribution >= 0.6 is 11.8 Å². The average molecular weight is 240 g/mol. The topological polar surface area (TPSA) is 0 Å². The second-order valence-electron chi connectivity index (χ2n) is 2.92. The van der Waals surface area contributed by atoms with Gasteiger partial charge in [0.15, 0.2) is 0 Å². The molecule has 0 atom stereocenters. The summed E-state index contributed by atoms with van der Waals surface area (Å²) in [6.07, 6.45) is 7.79. The second kappa shape index (κ2) is 12.6. The molecule has 0 N–H and O–H groups in total. The van der Waals surface area contributed by atoms with Gasteiger partial charge in [-0.15, -0.1) is 11.8 Å². The third kappa shape index (κ3) is 6.22. The van der Waals surface area contributed by atoms with Crippen LogP contribution in [0.3, 0.4) is 0 Å². The quantitative estimate of drug-likeness (QED) is 0.573. The largest absolute Gasteiger partial charge is 0.125 e. The van der Waals surface area contributed by atoms with Crippen LogP contribution in [0.4, 0.5) is 0 Å². The van der Waals surface area contributed by atoms with Crippen LogP contribution in [0.5, 0.6) is 0 Å². The van der Waals surface area contributed by atoms with Gasteiger partial charge in [-0.25, -0.2) is 0 Å². The molecule has 0 bridgehead atoms. The summed E-state index contributed by atoms with van der Waals surface area (Å²) in [5, 5.41) is 0. The SMILES string of the molecule is C/C=C\C1=C(C(/C)=C\C)SCC1.CC.CC. The second-order valence-corrected chi connectivity index (χ2v) is 4.03. The lowest BCUT2D eigenvalue weighted by atomic mass is 10.1. The molecule has 0 spiro atoms. The Morgan fingerprint density at radius 3 is 2.12 bits per heavy atom. The molecule has 94 valence electrons. The van der Waals surface area contributed by atoms with Crippen molar-refractivity contribution >= 4 is 11.8 Å². The molecule has 16 heavy (non-hydrogen) atoms. The van der Waals surface area contributed by atoms with Crippen molar-refractivity contribution in [2.24, 2.45) is 0 Å². The van der Waals surface area contributed by atoms with E-state index in [0.717, 1.165) is 0 Å². The number of allylic oxidation sites excluding steroid dienone is 5. The Bertz CT molecular complexity index is 244. The van der Waals surface area contributed by atoms with Crippen LogP contribution in [0.1, 0.15) is 54.9 Å². The maximum atomic E-state index is 2.24. The molecule has 0 nitrogen and oxygen atoms in total. The predicted octanol–water partition coefficient (Wildman–Crippen LogP) is 5.97. The van der Waals surface area contributed by atoms with Gasteiger partial charge in [0.2, 0.25) is 0 Å². The standard InChI is InChI=1S/C11H16S.2C2H6/c1-4-6-10-7-8-12-11(10)9(3)5-2;2*1-2/h4-6H,7-8H2,1-3H3;2*1-2H3/b6-4-,9-5-;;. The first kappa shape index (κ1) is 17.9. The molecule has 0 saturated carbocycles. The number of rotatable bonds is 2. The normalized spacial score (nSPS) is 15.6. The highest BCUT2D eigenvalue weighted by atomic mass is 32.2. The van der Waals surface area contributed by atoms with E-state index in [1.165, 1.54) is 28.2 Å².